The molecule has 1 aromatic carbocycles. The lowest BCUT2D eigenvalue weighted by Crippen LogP contribution is -2.33. The lowest BCUT2D eigenvalue weighted by atomic mass is 10.1. The van der Waals surface area contributed by atoms with Gasteiger partial charge in [0.2, 0.25) is 5.95 Å². The van der Waals surface area contributed by atoms with E-state index in [-0.39, 0.29) is 11.9 Å². The highest BCUT2D eigenvalue weighted by Gasteiger charge is 2.44. The minimum absolute atomic E-state index is 0.0664. The Morgan fingerprint density at radius 2 is 1.96 bits per heavy atom. The van der Waals surface area contributed by atoms with E-state index >= 15 is 0 Å². The Labute approximate surface area is 160 Å². The minimum Gasteiger partial charge on any atom is -0.394 e. The summed E-state index contributed by atoms with van der Waals surface area (Å²) < 4.78 is 7.05. The van der Waals surface area contributed by atoms with Crippen LogP contribution in [0.1, 0.15) is 24.8 Å². The largest absolute Gasteiger partial charge is 0.394 e. The zero-order valence-electron chi connectivity index (χ0n) is 15.2. The Hall–Kier alpha value is -2.79. The van der Waals surface area contributed by atoms with E-state index in [1.165, 1.54) is 10.9 Å². The summed E-state index contributed by atoms with van der Waals surface area (Å²) in [5, 5.41) is 32.8. The number of aromatic nitrogens is 4. The van der Waals surface area contributed by atoms with E-state index in [1.54, 1.807) is 0 Å². The number of nitrogen functional groups attached to an aromatic ring is 1. The van der Waals surface area contributed by atoms with Crippen molar-refractivity contribution in [2.45, 2.75) is 37.5 Å². The van der Waals surface area contributed by atoms with Crippen LogP contribution >= 0.6 is 0 Å². The van der Waals surface area contributed by atoms with Gasteiger partial charge in [0.05, 0.1) is 19.0 Å². The number of hydrogen-bond donors (Lipinski definition) is 5. The Morgan fingerprint density at radius 1 is 1.21 bits per heavy atom. The predicted octanol–water partition coefficient (Wildman–Crippen LogP) is 0.193. The van der Waals surface area contributed by atoms with Gasteiger partial charge in [-0.25, -0.2) is 4.98 Å². The van der Waals surface area contributed by atoms with Crippen molar-refractivity contribution in [2.24, 2.45) is 0 Å². The van der Waals surface area contributed by atoms with Gasteiger partial charge in [0, 0.05) is 0 Å². The molecule has 0 spiro atoms. The maximum atomic E-state index is 10.3. The Kier molecular flexibility index (Phi) is 4.85. The van der Waals surface area contributed by atoms with Gasteiger partial charge < -0.3 is 31.1 Å². The fourth-order valence-corrected chi connectivity index (χ4v) is 3.32. The molecule has 2 aromatic heterocycles. The van der Waals surface area contributed by atoms with Crippen molar-refractivity contribution >= 4 is 22.9 Å². The number of nitrogens with one attached hydrogen (secondary N) is 1. The molecule has 28 heavy (non-hydrogen) atoms. The Balaban J connectivity index is 1.67. The lowest BCUT2D eigenvalue weighted by Gasteiger charge is -2.18. The van der Waals surface area contributed by atoms with Crippen molar-refractivity contribution < 1.29 is 20.1 Å². The number of nitrogens with zero attached hydrogens (tertiary/aromatic N) is 4. The standard InChI is InChI=1S/C18H22N6O4/c1-9(10-5-3-2-4-6-10)21-18-22-15(19)12-16(23-18)24(8-20-12)17-14(27)13(26)11(7-25)28-17/h2-6,8-9,11,13-14,17,25-27H,7H2,1H3,(H3,19,21,22,23)/t9?,11-,13?,14?,17-/m1/s1. The third kappa shape index (κ3) is 3.16. The highest BCUT2D eigenvalue weighted by molar-refractivity contribution is 5.83. The van der Waals surface area contributed by atoms with E-state index in [2.05, 4.69) is 20.3 Å². The van der Waals surface area contributed by atoms with E-state index in [0.29, 0.717) is 17.1 Å². The third-order valence-electron chi connectivity index (χ3n) is 4.88. The molecular weight excluding hydrogens is 364 g/mol. The summed E-state index contributed by atoms with van der Waals surface area (Å²) in [6.07, 6.45) is -2.90. The van der Waals surface area contributed by atoms with Crippen LogP contribution in [-0.2, 0) is 4.74 Å². The van der Waals surface area contributed by atoms with E-state index < -0.39 is 31.1 Å². The first kappa shape index (κ1) is 18.6. The summed E-state index contributed by atoms with van der Waals surface area (Å²) in [7, 11) is 0. The van der Waals surface area contributed by atoms with Crippen LogP contribution in [0.15, 0.2) is 36.7 Å². The van der Waals surface area contributed by atoms with Crippen LogP contribution in [0.4, 0.5) is 11.8 Å². The number of imidazole rings is 1. The van der Waals surface area contributed by atoms with Crippen LogP contribution in [0.25, 0.3) is 11.2 Å². The van der Waals surface area contributed by atoms with Gasteiger partial charge in [-0.2, -0.15) is 9.97 Å². The molecule has 1 aliphatic rings. The van der Waals surface area contributed by atoms with Crippen LogP contribution in [0.5, 0.6) is 0 Å². The maximum Gasteiger partial charge on any atom is 0.227 e. The number of aliphatic hydroxyl groups is 3. The molecule has 1 fully saturated rings. The number of benzene rings is 1. The van der Waals surface area contributed by atoms with Crippen molar-refractivity contribution in [1.82, 2.24) is 19.5 Å². The molecule has 0 radical (unpaired) electrons. The highest BCUT2D eigenvalue weighted by atomic mass is 16.6. The summed E-state index contributed by atoms with van der Waals surface area (Å²) >= 11 is 0. The van der Waals surface area contributed by atoms with Crippen LogP contribution in [0, 0.1) is 0 Å². The fourth-order valence-electron chi connectivity index (χ4n) is 3.32. The molecule has 3 heterocycles. The molecule has 0 saturated carbocycles. The van der Waals surface area contributed by atoms with Crippen molar-refractivity contribution in [3.63, 3.8) is 0 Å². The van der Waals surface area contributed by atoms with Crippen molar-refractivity contribution in [3.05, 3.63) is 42.2 Å². The summed E-state index contributed by atoms with van der Waals surface area (Å²) in [6.45, 7) is 1.56. The summed E-state index contributed by atoms with van der Waals surface area (Å²) in [6, 6.07) is 9.75. The monoisotopic (exact) mass is 386 g/mol. The summed E-state index contributed by atoms with van der Waals surface area (Å²) in [4.78, 5) is 12.9. The first-order valence-electron chi connectivity index (χ1n) is 8.93. The van der Waals surface area contributed by atoms with Gasteiger partial charge in [-0.3, -0.25) is 4.57 Å². The number of aliphatic hydroxyl groups excluding tert-OH is 3. The molecule has 0 bridgehead atoms. The number of hydrogen-bond acceptors (Lipinski definition) is 9. The van der Waals surface area contributed by atoms with Gasteiger partial charge in [0.25, 0.3) is 0 Å². The summed E-state index contributed by atoms with van der Waals surface area (Å²) in [5.74, 6) is 0.480. The Bertz CT molecular complexity index is 965. The van der Waals surface area contributed by atoms with Gasteiger partial charge >= 0.3 is 0 Å². The van der Waals surface area contributed by atoms with Crippen LogP contribution in [0.2, 0.25) is 0 Å². The average Bonchev–Trinajstić information content (AvgIpc) is 3.24. The third-order valence-corrected chi connectivity index (χ3v) is 4.88. The van der Waals surface area contributed by atoms with Gasteiger partial charge in [-0.15, -0.1) is 0 Å². The van der Waals surface area contributed by atoms with Gasteiger partial charge in [-0.05, 0) is 12.5 Å². The van der Waals surface area contributed by atoms with Crippen LogP contribution in [0.3, 0.4) is 0 Å². The molecule has 0 aliphatic carbocycles. The first-order chi connectivity index (χ1) is 13.5. The summed E-state index contributed by atoms with van der Waals surface area (Å²) in [5.41, 5.74) is 7.81. The number of rotatable bonds is 5. The van der Waals surface area contributed by atoms with E-state index in [0.717, 1.165) is 5.56 Å². The SMILES string of the molecule is CC(Nc1nc(N)c2ncn([C@@H]3O[C@H](CO)C(O)C3O)c2n1)c1ccccc1. The molecule has 10 heteroatoms. The number of anilines is 2. The fraction of sp³-hybridized carbons (Fsp3) is 0.389. The van der Waals surface area contributed by atoms with Gasteiger partial charge in [0.15, 0.2) is 17.7 Å². The topological polar surface area (TPSA) is 152 Å². The average molecular weight is 386 g/mol. The molecule has 5 atom stereocenters. The second-order valence-corrected chi connectivity index (χ2v) is 6.76. The number of nitrogens with two attached hydrogens (primary N) is 1. The zero-order valence-corrected chi connectivity index (χ0v) is 15.2. The molecule has 1 saturated heterocycles. The van der Waals surface area contributed by atoms with Crippen LogP contribution < -0.4 is 11.1 Å². The van der Waals surface area contributed by atoms with Gasteiger partial charge in [-0.1, -0.05) is 30.3 Å². The first-order valence-corrected chi connectivity index (χ1v) is 8.93. The quantitative estimate of drug-likeness (QED) is 0.414. The smallest absolute Gasteiger partial charge is 0.227 e. The predicted molar refractivity (Wildman–Crippen MR) is 101 cm³/mol. The van der Waals surface area contributed by atoms with E-state index in [4.69, 9.17) is 10.5 Å². The van der Waals surface area contributed by atoms with Crippen LogP contribution in [-0.4, -0.2) is 59.8 Å². The Morgan fingerprint density at radius 3 is 2.64 bits per heavy atom. The maximum absolute atomic E-state index is 10.3. The second kappa shape index (κ2) is 7.32. The molecule has 148 valence electrons. The van der Waals surface area contributed by atoms with E-state index in [9.17, 15) is 15.3 Å². The molecule has 10 nitrogen and oxygen atoms in total. The normalized spacial score (nSPS) is 25.9. The van der Waals surface area contributed by atoms with E-state index in [1.807, 2.05) is 37.3 Å². The molecule has 4 rings (SSSR count). The molecule has 6 N–H and O–H groups in total. The lowest BCUT2D eigenvalue weighted by molar-refractivity contribution is -0.0511. The molecule has 3 aromatic rings. The van der Waals surface area contributed by atoms with Crippen molar-refractivity contribution in [3.8, 4) is 0 Å². The molecule has 1 aliphatic heterocycles. The highest BCUT2D eigenvalue weighted by Crippen LogP contribution is 2.32. The second-order valence-electron chi connectivity index (χ2n) is 6.76. The zero-order chi connectivity index (χ0) is 19.8. The molecule has 3 unspecified atom stereocenters. The molecule has 0 amide bonds. The minimum atomic E-state index is -1.25. The van der Waals surface area contributed by atoms with Crippen molar-refractivity contribution in [2.75, 3.05) is 17.7 Å². The molecular formula is C18H22N6O4. The number of fused-ring (bicyclic) bond motifs is 1. The number of ether oxygens (including phenoxy) is 1. The van der Waals surface area contributed by atoms with Gasteiger partial charge in [0.1, 0.15) is 23.8 Å². The van der Waals surface area contributed by atoms with Crippen molar-refractivity contribution in [1.29, 1.82) is 0 Å².